The molecular weight excluding hydrogens is 320 g/mol. The minimum atomic E-state index is -3.57. The highest BCUT2D eigenvalue weighted by atomic mass is 32.2. The van der Waals surface area contributed by atoms with Gasteiger partial charge in [-0.15, -0.1) is 11.8 Å². The van der Waals surface area contributed by atoms with Gasteiger partial charge in [0.2, 0.25) is 15.9 Å². The van der Waals surface area contributed by atoms with Gasteiger partial charge in [0.25, 0.3) is 0 Å². The van der Waals surface area contributed by atoms with Crippen LogP contribution in [0.4, 0.5) is 5.69 Å². The van der Waals surface area contributed by atoms with Gasteiger partial charge in [-0.05, 0) is 30.4 Å². The summed E-state index contributed by atoms with van der Waals surface area (Å²) in [6, 6.07) is 4.78. The van der Waals surface area contributed by atoms with Gasteiger partial charge < -0.3 is 5.32 Å². The number of sulfonamides is 1. The first kappa shape index (κ1) is 19.0. The zero-order valence-corrected chi connectivity index (χ0v) is 15.3. The SMILES string of the molecule is CSc1ccc(S(=O)(=O)NCC(C)C)cc1NC(=O)C(C)C. The molecule has 0 bridgehead atoms. The Hall–Kier alpha value is -1.05. The maximum Gasteiger partial charge on any atom is 0.240 e. The molecule has 5 nitrogen and oxygen atoms in total. The van der Waals surface area contributed by atoms with E-state index in [2.05, 4.69) is 10.0 Å². The molecule has 0 aromatic heterocycles. The van der Waals surface area contributed by atoms with E-state index < -0.39 is 10.0 Å². The number of hydrogen-bond acceptors (Lipinski definition) is 4. The van der Waals surface area contributed by atoms with Crippen LogP contribution in [0.25, 0.3) is 0 Å². The Kier molecular flexibility index (Phi) is 6.90. The normalized spacial score (nSPS) is 12.0. The Morgan fingerprint density at radius 1 is 1.23 bits per heavy atom. The fourth-order valence-corrected chi connectivity index (χ4v) is 3.36. The van der Waals surface area contributed by atoms with E-state index >= 15 is 0 Å². The highest BCUT2D eigenvalue weighted by Crippen LogP contribution is 2.28. The standard InChI is InChI=1S/C15H24N2O3S2/c1-10(2)9-16-22(19,20)12-6-7-14(21-5)13(8-12)17-15(18)11(3)4/h6-8,10-11,16H,9H2,1-5H3,(H,17,18). The largest absolute Gasteiger partial charge is 0.325 e. The maximum absolute atomic E-state index is 12.3. The molecule has 1 rings (SSSR count). The van der Waals surface area contributed by atoms with Gasteiger partial charge in [-0.25, -0.2) is 13.1 Å². The average molecular weight is 345 g/mol. The summed E-state index contributed by atoms with van der Waals surface area (Å²) in [5.74, 6) is -0.0885. The van der Waals surface area contributed by atoms with Crippen molar-refractivity contribution >= 4 is 33.4 Å². The van der Waals surface area contributed by atoms with E-state index in [4.69, 9.17) is 0 Å². The number of amides is 1. The zero-order valence-electron chi connectivity index (χ0n) is 13.6. The lowest BCUT2D eigenvalue weighted by atomic mass is 10.2. The molecule has 0 fully saturated rings. The minimum absolute atomic E-state index is 0.139. The topological polar surface area (TPSA) is 75.3 Å². The summed E-state index contributed by atoms with van der Waals surface area (Å²) in [6.45, 7) is 7.83. The van der Waals surface area contributed by atoms with Crippen molar-refractivity contribution in [2.45, 2.75) is 37.5 Å². The predicted molar refractivity (Wildman–Crippen MR) is 91.7 cm³/mol. The van der Waals surface area contributed by atoms with Crippen LogP contribution in [-0.4, -0.2) is 27.1 Å². The Labute approximate surface area is 137 Å². The zero-order chi connectivity index (χ0) is 16.9. The lowest BCUT2D eigenvalue weighted by molar-refractivity contribution is -0.118. The van der Waals surface area contributed by atoms with Crippen molar-refractivity contribution in [1.82, 2.24) is 4.72 Å². The highest BCUT2D eigenvalue weighted by molar-refractivity contribution is 7.98. The van der Waals surface area contributed by atoms with E-state index in [0.29, 0.717) is 12.2 Å². The van der Waals surface area contributed by atoms with Crippen LogP contribution in [0.3, 0.4) is 0 Å². The van der Waals surface area contributed by atoms with Crippen molar-refractivity contribution < 1.29 is 13.2 Å². The molecule has 0 saturated heterocycles. The van der Waals surface area contributed by atoms with E-state index in [1.807, 2.05) is 20.1 Å². The first-order valence-corrected chi connectivity index (χ1v) is 9.86. The lowest BCUT2D eigenvalue weighted by Crippen LogP contribution is -2.27. The summed E-state index contributed by atoms with van der Waals surface area (Å²) in [7, 11) is -3.57. The first-order valence-electron chi connectivity index (χ1n) is 7.16. The van der Waals surface area contributed by atoms with E-state index in [-0.39, 0.29) is 22.6 Å². The van der Waals surface area contributed by atoms with Gasteiger partial charge in [0.05, 0.1) is 10.6 Å². The molecule has 2 N–H and O–H groups in total. The molecule has 0 spiro atoms. The number of thioether (sulfide) groups is 1. The van der Waals surface area contributed by atoms with Gasteiger partial charge >= 0.3 is 0 Å². The molecule has 0 aliphatic heterocycles. The summed E-state index contributed by atoms with van der Waals surface area (Å²) in [4.78, 5) is 12.9. The molecule has 0 aliphatic carbocycles. The van der Waals surface area contributed by atoms with Gasteiger partial charge in [0.15, 0.2) is 0 Å². The molecule has 0 radical (unpaired) electrons. The van der Waals surface area contributed by atoms with E-state index in [0.717, 1.165) is 4.90 Å². The maximum atomic E-state index is 12.3. The Morgan fingerprint density at radius 2 is 1.86 bits per heavy atom. The molecule has 124 valence electrons. The number of carbonyl (C=O) groups is 1. The van der Waals surface area contributed by atoms with Crippen molar-refractivity contribution in [3.05, 3.63) is 18.2 Å². The fraction of sp³-hybridized carbons (Fsp3) is 0.533. The average Bonchev–Trinajstić information content (AvgIpc) is 2.45. The molecule has 0 unspecified atom stereocenters. The van der Waals surface area contributed by atoms with Gasteiger partial charge in [0.1, 0.15) is 0 Å². The quantitative estimate of drug-likeness (QED) is 0.746. The van der Waals surface area contributed by atoms with Gasteiger partial charge in [0, 0.05) is 17.4 Å². The van der Waals surface area contributed by atoms with Crippen LogP contribution in [0, 0.1) is 11.8 Å². The first-order chi connectivity index (χ1) is 10.2. The Bertz CT molecular complexity index is 626. The van der Waals surface area contributed by atoms with Crippen LogP contribution >= 0.6 is 11.8 Å². The van der Waals surface area contributed by atoms with Gasteiger partial charge in [-0.2, -0.15) is 0 Å². The molecule has 7 heteroatoms. The van der Waals surface area contributed by atoms with E-state index in [1.54, 1.807) is 26.0 Å². The summed E-state index contributed by atoms with van der Waals surface area (Å²) >= 11 is 1.46. The van der Waals surface area contributed by atoms with Crippen LogP contribution in [0.2, 0.25) is 0 Å². The predicted octanol–water partition coefficient (Wildman–Crippen LogP) is 2.94. The number of hydrogen-bond donors (Lipinski definition) is 2. The second kappa shape index (κ2) is 7.99. The van der Waals surface area contributed by atoms with Crippen molar-refractivity contribution in [1.29, 1.82) is 0 Å². The molecule has 1 aromatic carbocycles. The van der Waals surface area contributed by atoms with Crippen LogP contribution in [0.15, 0.2) is 28.0 Å². The fourth-order valence-electron chi connectivity index (χ4n) is 1.59. The monoisotopic (exact) mass is 344 g/mol. The molecule has 0 heterocycles. The lowest BCUT2D eigenvalue weighted by Gasteiger charge is -2.14. The van der Waals surface area contributed by atoms with Crippen molar-refractivity contribution in [3.63, 3.8) is 0 Å². The summed E-state index contributed by atoms with van der Waals surface area (Å²) in [5.41, 5.74) is 0.527. The third-order valence-corrected chi connectivity index (χ3v) is 5.16. The van der Waals surface area contributed by atoms with E-state index in [1.165, 1.54) is 17.8 Å². The number of anilines is 1. The second-order valence-corrected chi connectivity index (χ2v) is 8.37. The second-order valence-electron chi connectivity index (χ2n) is 5.75. The van der Waals surface area contributed by atoms with Crippen LogP contribution in [0.5, 0.6) is 0 Å². The van der Waals surface area contributed by atoms with Crippen LogP contribution in [-0.2, 0) is 14.8 Å². The van der Waals surface area contributed by atoms with Gasteiger partial charge in [-0.3, -0.25) is 4.79 Å². The Morgan fingerprint density at radius 3 is 2.36 bits per heavy atom. The minimum Gasteiger partial charge on any atom is -0.325 e. The van der Waals surface area contributed by atoms with E-state index in [9.17, 15) is 13.2 Å². The molecular formula is C15H24N2O3S2. The number of nitrogens with one attached hydrogen (secondary N) is 2. The van der Waals surface area contributed by atoms with Crippen molar-refractivity contribution in [2.24, 2.45) is 11.8 Å². The number of carbonyl (C=O) groups excluding carboxylic acids is 1. The summed E-state index contributed by atoms with van der Waals surface area (Å²) in [5, 5.41) is 2.79. The van der Waals surface area contributed by atoms with Gasteiger partial charge in [-0.1, -0.05) is 27.7 Å². The molecule has 22 heavy (non-hydrogen) atoms. The van der Waals surface area contributed by atoms with Crippen molar-refractivity contribution in [2.75, 3.05) is 18.1 Å². The highest BCUT2D eigenvalue weighted by Gasteiger charge is 2.17. The van der Waals surface area contributed by atoms with Crippen LogP contribution < -0.4 is 10.0 Å². The Balaban J connectivity index is 3.11. The summed E-state index contributed by atoms with van der Waals surface area (Å²) < 4.78 is 27.1. The molecule has 1 aromatic rings. The smallest absolute Gasteiger partial charge is 0.240 e. The molecule has 0 saturated carbocycles. The molecule has 1 amide bonds. The number of benzene rings is 1. The molecule has 0 aliphatic rings. The molecule has 0 atom stereocenters. The third kappa shape index (κ3) is 5.30. The number of rotatable bonds is 7. The van der Waals surface area contributed by atoms with Crippen molar-refractivity contribution in [3.8, 4) is 0 Å². The third-order valence-electron chi connectivity index (χ3n) is 2.95. The van der Waals surface area contributed by atoms with Crippen LogP contribution in [0.1, 0.15) is 27.7 Å². The summed E-state index contributed by atoms with van der Waals surface area (Å²) in [6.07, 6.45) is 1.88.